The number of benzene rings is 1. The van der Waals surface area contributed by atoms with Crippen molar-refractivity contribution < 1.29 is 19.1 Å². The molecule has 7 nitrogen and oxygen atoms in total. The van der Waals surface area contributed by atoms with Crippen LogP contribution in [0.4, 0.5) is 5.69 Å². The number of H-pyrrole nitrogens is 1. The fourth-order valence-corrected chi connectivity index (χ4v) is 2.53. The number of aromatic amines is 1. The number of hydrogen-bond donors (Lipinski definition) is 1. The number of aromatic nitrogens is 1. The highest BCUT2D eigenvalue weighted by atomic mass is 16.5. The van der Waals surface area contributed by atoms with Crippen molar-refractivity contribution in [3.05, 3.63) is 40.2 Å². The zero-order valence-electron chi connectivity index (χ0n) is 14.6. The van der Waals surface area contributed by atoms with E-state index < -0.39 is 5.97 Å². The Morgan fingerprint density at radius 2 is 1.96 bits per heavy atom. The highest BCUT2D eigenvalue weighted by Gasteiger charge is 2.15. The van der Waals surface area contributed by atoms with Gasteiger partial charge in [-0.15, -0.1) is 0 Å². The van der Waals surface area contributed by atoms with Crippen LogP contribution in [0.25, 0.3) is 10.9 Å². The Hall–Kier alpha value is -2.83. The number of likely N-dealkylation sites (N-methyl/N-ethyl adjacent to an activating group) is 1. The van der Waals surface area contributed by atoms with Crippen molar-refractivity contribution in [2.45, 2.75) is 20.8 Å². The Bertz CT molecular complexity index is 828. The third-order valence-electron chi connectivity index (χ3n) is 3.77. The summed E-state index contributed by atoms with van der Waals surface area (Å²) in [5.74, 6) is -0.969. The molecule has 0 unspecified atom stereocenters. The van der Waals surface area contributed by atoms with Crippen molar-refractivity contribution in [2.24, 2.45) is 0 Å². The summed E-state index contributed by atoms with van der Waals surface area (Å²) >= 11 is 0. The number of ether oxygens (including phenoxy) is 2. The second-order valence-corrected chi connectivity index (χ2v) is 5.40. The lowest BCUT2D eigenvalue weighted by Gasteiger charge is -2.23. The van der Waals surface area contributed by atoms with Gasteiger partial charge in [-0.1, -0.05) is 0 Å². The minimum absolute atomic E-state index is 0.0190. The molecule has 0 radical (unpaired) electrons. The molecule has 1 N–H and O–H groups in total. The second kappa shape index (κ2) is 8.32. The van der Waals surface area contributed by atoms with Crippen LogP contribution in [0.2, 0.25) is 0 Å². The van der Waals surface area contributed by atoms with Gasteiger partial charge in [-0.05, 0) is 32.0 Å². The number of carbonyl (C=O) groups excluding carboxylic acids is 2. The fourth-order valence-electron chi connectivity index (χ4n) is 2.53. The lowest BCUT2D eigenvalue weighted by molar-refractivity contribution is -0.140. The second-order valence-electron chi connectivity index (χ2n) is 5.40. The molecule has 0 bridgehead atoms. The molecule has 1 aromatic heterocycles. The predicted octanol–water partition coefficient (Wildman–Crippen LogP) is 2.09. The Morgan fingerprint density at radius 1 is 1.20 bits per heavy atom. The van der Waals surface area contributed by atoms with Crippen molar-refractivity contribution in [3.8, 4) is 0 Å². The minimum atomic E-state index is -0.641. The fraction of sp³-hybridized carbons (Fsp3) is 0.389. The molecule has 25 heavy (non-hydrogen) atoms. The molecule has 0 aliphatic rings. The van der Waals surface area contributed by atoms with Crippen LogP contribution in [0.1, 0.15) is 31.1 Å². The molecule has 0 aliphatic carbocycles. The van der Waals surface area contributed by atoms with Gasteiger partial charge in [0, 0.05) is 36.3 Å². The maximum absolute atomic E-state index is 12.6. The van der Waals surface area contributed by atoms with Gasteiger partial charge in [0.2, 0.25) is 5.43 Å². The molecule has 7 heteroatoms. The Morgan fingerprint density at radius 3 is 2.60 bits per heavy atom. The van der Waals surface area contributed by atoms with Crippen molar-refractivity contribution >= 4 is 28.5 Å². The summed E-state index contributed by atoms with van der Waals surface area (Å²) in [6, 6.07) is 5.39. The lowest BCUT2D eigenvalue weighted by atomic mass is 10.1. The molecule has 0 aliphatic heterocycles. The number of anilines is 1. The maximum Gasteiger partial charge on any atom is 0.343 e. The van der Waals surface area contributed by atoms with Gasteiger partial charge in [-0.3, -0.25) is 9.59 Å². The van der Waals surface area contributed by atoms with E-state index in [1.54, 1.807) is 19.1 Å². The molecule has 0 amide bonds. The molecule has 134 valence electrons. The summed E-state index contributed by atoms with van der Waals surface area (Å²) in [5, 5.41) is 0.411. The normalized spacial score (nSPS) is 10.5. The van der Waals surface area contributed by atoms with Crippen LogP contribution in [0.3, 0.4) is 0 Å². The number of nitrogens with zero attached hydrogens (tertiary/aromatic N) is 1. The highest BCUT2D eigenvalue weighted by Crippen LogP contribution is 2.19. The summed E-state index contributed by atoms with van der Waals surface area (Å²) in [6.45, 7) is 6.68. The number of rotatable bonds is 7. The van der Waals surface area contributed by atoms with E-state index in [9.17, 15) is 14.4 Å². The van der Waals surface area contributed by atoms with Crippen LogP contribution in [0.15, 0.2) is 29.2 Å². The van der Waals surface area contributed by atoms with Crippen LogP contribution in [-0.2, 0) is 14.3 Å². The van der Waals surface area contributed by atoms with Crippen molar-refractivity contribution in [2.75, 3.05) is 31.2 Å². The van der Waals surface area contributed by atoms with Gasteiger partial charge in [-0.2, -0.15) is 0 Å². The molecular formula is C18H22N2O5. The zero-order chi connectivity index (χ0) is 18.4. The van der Waals surface area contributed by atoms with E-state index in [0.29, 0.717) is 24.0 Å². The molecule has 0 saturated heterocycles. The predicted molar refractivity (Wildman–Crippen MR) is 95.0 cm³/mol. The van der Waals surface area contributed by atoms with Gasteiger partial charge < -0.3 is 19.4 Å². The third kappa shape index (κ3) is 4.37. The summed E-state index contributed by atoms with van der Waals surface area (Å²) in [6.07, 6.45) is 1.38. The molecule has 2 rings (SSSR count). The topological polar surface area (TPSA) is 88.7 Å². The quantitative estimate of drug-likeness (QED) is 0.772. The van der Waals surface area contributed by atoms with Crippen LogP contribution in [0, 0.1) is 0 Å². The van der Waals surface area contributed by atoms with Gasteiger partial charge in [0.1, 0.15) is 12.2 Å². The molecule has 1 aromatic carbocycles. The largest absolute Gasteiger partial charge is 0.464 e. The molecular weight excluding hydrogens is 324 g/mol. The number of fused-ring (bicyclic) bond motifs is 1. The summed E-state index contributed by atoms with van der Waals surface area (Å²) in [5.41, 5.74) is 1.06. The van der Waals surface area contributed by atoms with Crippen LogP contribution in [-0.4, -0.2) is 43.2 Å². The van der Waals surface area contributed by atoms with E-state index in [1.165, 1.54) is 13.1 Å². The summed E-state index contributed by atoms with van der Waals surface area (Å²) in [4.78, 5) is 40.3. The minimum Gasteiger partial charge on any atom is -0.464 e. The maximum atomic E-state index is 12.6. The Kier molecular flexibility index (Phi) is 6.16. The third-order valence-corrected chi connectivity index (χ3v) is 3.77. The van der Waals surface area contributed by atoms with Gasteiger partial charge in [0.05, 0.1) is 13.2 Å². The number of pyridine rings is 1. The van der Waals surface area contributed by atoms with Gasteiger partial charge in [-0.25, -0.2) is 4.79 Å². The number of nitrogens with one attached hydrogen (secondary N) is 1. The van der Waals surface area contributed by atoms with E-state index in [4.69, 9.17) is 9.47 Å². The van der Waals surface area contributed by atoms with Crippen molar-refractivity contribution in [1.29, 1.82) is 0 Å². The summed E-state index contributed by atoms with van der Waals surface area (Å²) < 4.78 is 9.89. The molecule has 0 saturated carbocycles. The zero-order valence-corrected chi connectivity index (χ0v) is 14.6. The van der Waals surface area contributed by atoms with E-state index in [0.717, 1.165) is 5.69 Å². The highest BCUT2D eigenvalue weighted by molar-refractivity contribution is 5.94. The molecule has 2 aromatic rings. The first-order chi connectivity index (χ1) is 12.0. The average molecular weight is 346 g/mol. The van der Waals surface area contributed by atoms with Crippen LogP contribution < -0.4 is 10.3 Å². The van der Waals surface area contributed by atoms with Crippen LogP contribution in [0.5, 0.6) is 0 Å². The smallest absolute Gasteiger partial charge is 0.343 e. The van der Waals surface area contributed by atoms with Crippen molar-refractivity contribution in [1.82, 2.24) is 4.98 Å². The van der Waals surface area contributed by atoms with Gasteiger partial charge in [0.25, 0.3) is 0 Å². The molecule has 0 fully saturated rings. The Balaban J connectivity index is 2.36. The first-order valence-corrected chi connectivity index (χ1v) is 8.18. The van der Waals surface area contributed by atoms with Crippen molar-refractivity contribution in [3.63, 3.8) is 0 Å². The average Bonchev–Trinajstić information content (AvgIpc) is 2.59. The first kappa shape index (κ1) is 18.5. The van der Waals surface area contributed by atoms with E-state index in [1.807, 2.05) is 17.9 Å². The van der Waals surface area contributed by atoms with E-state index in [-0.39, 0.29) is 30.2 Å². The first-order valence-electron chi connectivity index (χ1n) is 8.18. The van der Waals surface area contributed by atoms with Crippen LogP contribution >= 0.6 is 0 Å². The number of hydrogen-bond acceptors (Lipinski definition) is 6. The van der Waals surface area contributed by atoms with Gasteiger partial charge >= 0.3 is 11.9 Å². The monoisotopic (exact) mass is 346 g/mol. The molecule has 1 heterocycles. The Labute approximate surface area is 145 Å². The number of esters is 2. The SMILES string of the molecule is CCOC(=O)c1c[nH]c2ccc(N(CC)CCOC(C)=O)cc2c1=O. The standard InChI is InChI=1S/C18H22N2O5/c1-4-20(8-9-25-12(3)21)13-6-7-16-14(10-13)17(22)15(11-19-16)18(23)24-5-2/h6-7,10-11H,4-5,8-9H2,1-3H3,(H,19,22). The van der Waals surface area contributed by atoms with E-state index >= 15 is 0 Å². The number of carbonyl (C=O) groups is 2. The van der Waals surface area contributed by atoms with E-state index in [2.05, 4.69) is 4.98 Å². The molecule has 0 atom stereocenters. The van der Waals surface area contributed by atoms with Gasteiger partial charge in [0.15, 0.2) is 0 Å². The summed E-state index contributed by atoms with van der Waals surface area (Å²) in [7, 11) is 0. The molecule has 0 spiro atoms. The lowest BCUT2D eigenvalue weighted by Crippen LogP contribution is -2.28.